The Morgan fingerprint density at radius 3 is 2.75 bits per heavy atom. The topological polar surface area (TPSA) is 50.9 Å². The van der Waals surface area contributed by atoms with E-state index >= 15 is 0 Å². The average molecular weight is 267 g/mol. The number of aromatic nitrogens is 1. The number of benzene rings is 2. The van der Waals surface area contributed by atoms with E-state index in [1.807, 2.05) is 25.1 Å². The van der Waals surface area contributed by atoms with Crippen LogP contribution in [0, 0.1) is 12.7 Å². The number of aryl methyl sites for hydroxylation is 1. The molecule has 0 unspecified atom stereocenters. The third-order valence-corrected chi connectivity index (χ3v) is 3.32. The van der Waals surface area contributed by atoms with Gasteiger partial charge >= 0.3 is 0 Å². The molecule has 0 atom stereocenters. The Bertz CT molecular complexity index is 784. The molecule has 100 valence electrons. The standard InChI is InChI=1S/C16H14FN3/c1-10-2-3-11(17)8-16(10)20-15-5-4-14(18)12-6-7-19-9-13(12)15/h2-9,20H,18H2,1H3. The van der Waals surface area contributed by atoms with Gasteiger partial charge in [-0.2, -0.15) is 0 Å². The Kier molecular flexibility index (Phi) is 2.99. The van der Waals surface area contributed by atoms with Crippen molar-refractivity contribution in [2.45, 2.75) is 6.92 Å². The van der Waals surface area contributed by atoms with Gasteiger partial charge in [-0.3, -0.25) is 4.98 Å². The van der Waals surface area contributed by atoms with Crippen molar-refractivity contribution >= 4 is 27.8 Å². The zero-order valence-corrected chi connectivity index (χ0v) is 11.0. The van der Waals surface area contributed by atoms with Gasteiger partial charge in [0.2, 0.25) is 0 Å². The lowest BCUT2D eigenvalue weighted by molar-refractivity contribution is 0.628. The smallest absolute Gasteiger partial charge is 0.125 e. The van der Waals surface area contributed by atoms with Crippen molar-refractivity contribution in [2.75, 3.05) is 11.1 Å². The molecule has 3 rings (SSSR count). The van der Waals surface area contributed by atoms with Crippen molar-refractivity contribution in [1.82, 2.24) is 4.98 Å². The van der Waals surface area contributed by atoms with Crippen molar-refractivity contribution in [3.63, 3.8) is 0 Å². The predicted molar refractivity (Wildman–Crippen MR) is 80.6 cm³/mol. The van der Waals surface area contributed by atoms with Crippen LogP contribution >= 0.6 is 0 Å². The van der Waals surface area contributed by atoms with Crippen molar-refractivity contribution in [3.8, 4) is 0 Å². The third kappa shape index (κ3) is 2.16. The Hall–Kier alpha value is -2.62. The van der Waals surface area contributed by atoms with Crippen LogP contribution in [0.25, 0.3) is 10.8 Å². The minimum absolute atomic E-state index is 0.268. The van der Waals surface area contributed by atoms with Crippen molar-refractivity contribution in [1.29, 1.82) is 0 Å². The number of hydrogen-bond acceptors (Lipinski definition) is 3. The molecule has 4 heteroatoms. The zero-order chi connectivity index (χ0) is 14.1. The fourth-order valence-electron chi connectivity index (χ4n) is 2.20. The van der Waals surface area contributed by atoms with Gasteiger partial charge in [-0.05, 0) is 42.8 Å². The largest absolute Gasteiger partial charge is 0.398 e. The maximum atomic E-state index is 13.4. The maximum Gasteiger partial charge on any atom is 0.125 e. The number of nitrogens with two attached hydrogens (primary N) is 1. The number of nitrogens with zero attached hydrogens (tertiary/aromatic N) is 1. The Morgan fingerprint density at radius 1 is 1.05 bits per heavy atom. The van der Waals surface area contributed by atoms with Crippen LogP contribution in [-0.2, 0) is 0 Å². The van der Waals surface area contributed by atoms with Crippen LogP contribution in [0.5, 0.6) is 0 Å². The number of halogens is 1. The molecule has 20 heavy (non-hydrogen) atoms. The molecule has 0 bridgehead atoms. The van der Waals surface area contributed by atoms with Crippen molar-refractivity contribution in [3.05, 3.63) is 60.2 Å². The van der Waals surface area contributed by atoms with E-state index in [1.165, 1.54) is 12.1 Å². The first-order valence-corrected chi connectivity index (χ1v) is 6.30. The van der Waals surface area contributed by atoms with Gasteiger partial charge in [0.25, 0.3) is 0 Å². The van der Waals surface area contributed by atoms with Crippen molar-refractivity contribution < 1.29 is 4.39 Å². The van der Waals surface area contributed by atoms with Gasteiger partial charge < -0.3 is 11.1 Å². The lowest BCUT2D eigenvalue weighted by atomic mass is 10.1. The van der Waals surface area contributed by atoms with Gasteiger partial charge in [-0.1, -0.05) is 6.07 Å². The van der Waals surface area contributed by atoms with Gasteiger partial charge in [0, 0.05) is 40.2 Å². The molecule has 0 amide bonds. The molecule has 0 aliphatic carbocycles. The van der Waals surface area contributed by atoms with Gasteiger partial charge in [-0.25, -0.2) is 4.39 Å². The summed E-state index contributed by atoms with van der Waals surface area (Å²) in [6.45, 7) is 1.93. The molecule has 2 aromatic carbocycles. The maximum absolute atomic E-state index is 13.4. The predicted octanol–water partition coefficient (Wildman–Crippen LogP) is 4.01. The zero-order valence-electron chi connectivity index (χ0n) is 11.0. The van der Waals surface area contributed by atoms with E-state index in [1.54, 1.807) is 18.5 Å². The first-order valence-electron chi connectivity index (χ1n) is 6.30. The molecule has 0 aliphatic heterocycles. The van der Waals surface area contributed by atoms with Gasteiger partial charge in [0.15, 0.2) is 0 Å². The molecular formula is C16H14FN3. The number of hydrogen-bond donors (Lipinski definition) is 2. The second kappa shape index (κ2) is 4.81. The molecule has 3 N–H and O–H groups in total. The second-order valence-electron chi connectivity index (χ2n) is 4.71. The van der Waals surface area contributed by atoms with Gasteiger partial charge in [-0.15, -0.1) is 0 Å². The number of anilines is 3. The molecule has 1 heterocycles. The fourth-order valence-corrected chi connectivity index (χ4v) is 2.20. The summed E-state index contributed by atoms with van der Waals surface area (Å²) in [4.78, 5) is 4.13. The van der Waals surface area contributed by atoms with Crippen LogP contribution in [0.3, 0.4) is 0 Å². The minimum Gasteiger partial charge on any atom is -0.398 e. The molecule has 0 saturated heterocycles. The SMILES string of the molecule is Cc1ccc(F)cc1Nc1ccc(N)c2ccncc12. The molecular weight excluding hydrogens is 253 g/mol. The summed E-state index contributed by atoms with van der Waals surface area (Å²) < 4.78 is 13.4. The summed E-state index contributed by atoms with van der Waals surface area (Å²) in [5, 5.41) is 5.09. The molecule has 0 saturated carbocycles. The Balaban J connectivity index is 2.11. The first-order chi connectivity index (χ1) is 9.65. The average Bonchev–Trinajstić information content (AvgIpc) is 2.46. The molecule has 1 aromatic heterocycles. The van der Waals surface area contributed by atoms with E-state index in [-0.39, 0.29) is 5.82 Å². The molecule has 0 spiro atoms. The van der Waals surface area contributed by atoms with Crippen LogP contribution in [0.4, 0.5) is 21.5 Å². The monoisotopic (exact) mass is 267 g/mol. The molecule has 0 fully saturated rings. The molecule has 0 radical (unpaired) electrons. The number of fused-ring (bicyclic) bond motifs is 1. The van der Waals surface area contributed by atoms with E-state index in [2.05, 4.69) is 10.3 Å². The minimum atomic E-state index is -0.268. The number of pyridine rings is 1. The lowest BCUT2D eigenvalue weighted by Crippen LogP contribution is -1.97. The Morgan fingerprint density at radius 2 is 1.90 bits per heavy atom. The second-order valence-corrected chi connectivity index (χ2v) is 4.71. The highest BCUT2D eigenvalue weighted by molar-refractivity contribution is 6.01. The van der Waals surface area contributed by atoms with Crippen LogP contribution in [0.15, 0.2) is 48.8 Å². The quantitative estimate of drug-likeness (QED) is 0.690. The fraction of sp³-hybridized carbons (Fsp3) is 0.0625. The number of nitrogen functional groups attached to an aromatic ring is 1. The summed E-state index contributed by atoms with van der Waals surface area (Å²) in [5.74, 6) is -0.268. The van der Waals surface area contributed by atoms with Crippen LogP contribution in [-0.4, -0.2) is 4.98 Å². The first kappa shape index (κ1) is 12.4. The number of nitrogens with one attached hydrogen (secondary N) is 1. The van der Waals surface area contributed by atoms with Crippen LogP contribution < -0.4 is 11.1 Å². The highest BCUT2D eigenvalue weighted by Crippen LogP contribution is 2.30. The van der Waals surface area contributed by atoms with Crippen LogP contribution in [0.1, 0.15) is 5.56 Å². The number of rotatable bonds is 2. The van der Waals surface area contributed by atoms with Gasteiger partial charge in [0.05, 0.1) is 0 Å². The lowest BCUT2D eigenvalue weighted by Gasteiger charge is -2.13. The molecule has 0 aliphatic rings. The molecule has 3 aromatic rings. The van der Waals surface area contributed by atoms with E-state index < -0.39 is 0 Å². The summed E-state index contributed by atoms with van der Waals surface area (Å²) in [6, 6.07) is 10.3. The summed E-state index contributed by atoms with van der Waals surface area (Å²) in [7, 11) is 0. The Labute approximate surface area is 116 Å². The van der Waals surface area contributed by atoms with Crippen LogP contribution in [0.2, 0.25) is 0 Å². The van der Waals surface area contributed by atoms with Crippen molar-refractivity contribution in [2.24, 2.45) is 0 Å². The van der Waals surface area contributed by atoms with E-state index in [4.69, 9.17) is 5.73 Å². The van der Waals surface area contributed by atoms with E-state index in [9.17, 15) is 4.39 Å². The highest BCUT2D eigenvalue weighted by atomic mass is 19.1. The van der Waals surface area contributed by atoms with E-state index in [0.717, 1.165) is 27.7 Å². The normalized spacial score (nSPS) is 10.7. The molecule has 3 nitrogen and oxygen atoms in total. The summed E-state index contributed by atoms with van der Waals surface area (Å²) >= 11 is 0. The van der Waals surface area contributed by atoms with Gasteiger partial charge in [0.1, 0.15) is 5.82 Å². The summed E-state index contributed by atoms with van der Waals surface area (Å²) in [6.07, 6.45) is 3.46. The third-order valence-electron chi connectivity index (χ3n) is 3.32. The highest BCUT2D eigenvalue weighted by Gasteiger charge is 2.06. The van der Waals surface area contributed by atoms with E-state index in [0.29, 0.717) is 5.69 Å². The summed E-state index contributed by atoms with van der Waals surface area (Å²) in [5.41, 5.74) is 9.22.